The van der Waals surface area contributed by atoms with Gasteiger partial charge in [0.05, 0.1) is 13.7 Å². The molecule has 1 fully saturated rings. The van der Waals surface area contributed by atoms with Crippen LogP contribution >= 0.6 is 0 Å². The van der Waals surface area contributed by atoms with Gasteiger partial charge in [0, 0.05) is 6.42 Å². The van der Waals surface area contributed by atoms with Crippen molar-refractivity contribution in [2.45, 2.75) is 65.1 Å². The van der Waals surface area contributed by atoms with Crippen molar-refractivity contribution in [3.8, 4) is 5.75 Å². The molecule has 1 aliphatic rings. The van der Waals surface area contributed by atoms with E-state index in [2.05, 4.69) is 18.0 Å². The van der Waals surface area contributed by atoms with Gasteiger partial charge in [-0.1, -0.05) is 46.2 Å². The fraction of sp³-hybridized carbons (Fsp3) is 0.579. The summed E-state index contributed by atoms with van der Waals surface area (Å²) in [5.41, 5.74) is -5.13. The number of carbonyl (C=O) groups is 2. The summed E-state index contributed by atoms with van der Waals surface area (Å²) in [6.45, 7) is 8.04. The van der Waals surface area contributed by atoms with E-state index >= 15 is 0 Å². The molecule has 2 amide bonds. The second-order valence-electron chi connectivity index (χ2n) is 5.90. The van der Waals surface area contributed by atoms with Gasteiger partial charge in [0.15, 0.2) is 6.10 Å². The first-order chi connectivity index (χ1) is 14.0. The van der Waals surface area contributed by atoms with Crippen molar-refractivity contribution in [1.29, 1.82) is 0 Å². The topological polar surface area (TPSA) is 90.0 Å². The summed E-state index contributed by atoms with van der Waals surface area (Å²) in [6.07, 6.45) is -1.38. The average Bonchev–Trinajstić information content (AvgIpc) is 2.69. The summed E-state index contributed by atoms with van der Waals surface area (Å²) in [4.78, 5) is 24.8. The molecule has 0 aromatic heterocycles. The molecule has 7 nitrogen and oxygen atoms in total. The fourth-order valence-electron chi connectivity index (χ4n) is 2.19. The van der Waals surface area contributed by atoms with Gasteiger partial charge in [-0.3, -0.25) is 14.5 Å². The summed E-state index contributed by atoms with van der Waals surface area (Å²) in [6, 6.07) is 6.29. The number of nitrogens with zero attached hydrogens (tertiary/aromatic N) is 1. The van der Waals surface area contributed by atoms with Gasteiger partial charge in [-0.15, -0.1) is 0 Å². The van der Waals surface area contributed by atoms with E-state index in [1.54, 1.807) is 24.3 Å². The van der Waals surface area contributed by atoms with Crippen LogP contribution in [0.4, 0.5) is 13.2 Å². The van der Waals surface area contributed by atoms with Gasteiger partial charge >= 0.3 is 15.6 Å². The van der Waals surface area contributed by atoms with Gasteiger partial charge in [-0.2, -0.15) is 21.6 Å². The lowest BCUT2D eigenvalue weighted by atomic mass is 10.1. The molecule has 0 aliphatic carbocycles. The Labute approximate surface area is 175 Å². The van der Waals surface area contributed by atoms with Crippen LogP contribution in [0.1, 0.15) is 52.5 Å². The molecule has 1 atom stereocenters. The second-order valence-corrected chi connectivity index (χ2v) is 7.46. The normalized spacial score (nSPS) is 16.8. The fourth-order valence-corrected chi connectivity index (χ4v) is 2.78. The van der Waals surface area contributed by atoms with Gasteiger partial charge in [0.2, 0.25) is 5.91 Å². The predicted octanol–water partition coefficient (Wildman–Crippen LogP) is 4.02. The maximum atomic E-state index is 12.4. The van der Waals surface area contributed by atoms with Gasteiger partial charge in [-0.05, 0) is 24.1 Å². The molecule has 1 aromatic carbocycles. The monoisotopic (exact) mass is 455 g/mol. The van der Waals surface area contributed by atoms with Gasteiger partial charge in [0.1, 0.15) is 5.75 Å². The van der Waals surface area contributed by atoms with Gasteiger partial charge < -0.3 is 4.74 Å². The van der Waals surface area contributed by atoms with Crippen molar-refractivity contribution in [2.75, 3.05) is 7.11 Å². The standard InChI is InChI=1S/C14H14F3NO6S.C3H8.C2H6/c1-23-10-4-2-9(3-5-10)8-18-12(19)7-6-11(13(18)20)24-25(21,22)14(15,16)17;1-3-2;1-2/h2-5,11H,6-8H2,1H3;3H2,1-2H3;1-2H3. The molecule has 1 saturated heterocycles. The van der Waals surface area contributed by atoms with E-state index in [1.807, 2.05) is 13.8 Å². The molecule has 30 heavy (non-hydrogen) atoms. The van der Waals surface area contributed by atoms with E-state index < -0.39 is 40.0 Å². The SMILES string of the molecule is CC.CCC.COc1ccc(CN2C(=O)CCC(OS(=O)(=O)C(F)(F)F)C2=O)cc1. The molecule has 1 heterocycles. The molecule has 11 heteroatoms. The third-order valence-electron chi connectivity index (χ3n) is 3.49. The maximum Gasteiger partial charge on any atom is 0.523 e. The molecule has 0 N–H and O–H groups in total. The molecule has 172 valence electrons. The summed E-state index contributed by atoms with van der Waals surface area (Å²) < 4.78 is 68.3. The first-order valence-corrected chi connectivity index (χ1v) is 10.8. The molecule has 1 unspecified atom stereocenters. The van der Waals surface area contributed by atoms with E-state index in [1.165, 1.54) is 13.5 Å². The lowest BCUT2D eigenvalue weighted by molar-refractivity contribution is -0.155. The molecule has 1 aliphatic heterocycles. The van der Waals surface area contributed by atoms with Crippen LogP contribution < -0.4 is 4.74 Å². The molecule has 1 aromatic rings. The Balaban J connectivity index is 0.00000154. The van der Waals surface area contributed by atoms with Crippen LogP contribution in [-0.2, 0) is 30.4 Å². The summed E-state index contributed by atoms with van der Waals surface area (Å²) in [7, 11) is -4.47. The minimum absolute atomic E-state index is 0.215. The van der Waals surface area contributed by atoms with Crippen LogP contribution in [0.25, 0.3) is 0 Å². The summed E-state index contributed by atoms with van der Waals surface area (Å²) in [5.74, 6) is -1.21. The number of imide groups is 1. The number of carbonyl (C=O) groups excluding carboxylic acids is 2. The van der Waals surface area contributed by atoms with Crippen molar-refractivity contribution in [2.24, 2.45) is 0 Å². The van der Waals surface area contributed by atoms with E-state index in [9.17, 15) is 31.2 Å². The van der Waals surface area contributed by atoms with Crippen LogP contribution in [0.5, 0.6) is 5.75 Å². The number of benzene rings is 1. The lowest BCUT2D eigenvalue weighted by Crippen LogP contribution is -2.49. The van der Waals surface area contributed by atoms with Crippen LogP contribution in [0.15, 0.2) is 24.3 Å². The van der Waals surface area contributed by atoms with Crippen molar-refractivity contribution in [3.05, 3.63) is 29.8 Å². The smallest absolute Gasteiger partial charge is 0.497 e. The minimum atomic E-state index is -5.93. The Morgan fingerprint density at radius 1 is 1.10 bits per heavy atom. The molecule has 0 spiro atoms. The average molecular weight is 455 g/mol. The zero-order valence-corrected chi connectivity index (χ0v) is 18.5. The first-order valence-electron chi connectivity index (χ1n) is 9.43. The van der Waals surface area contributed by atoms with Gasteiger partial charge in [0.25, 0.3) is 5.91 Å². The Morgan fingerprint density at radius 2 is 1.60 bits per heavy atom. The molecular weight excluding hydrogens is 427 g/mol. The number of hydrogen-bond acceptors (Lipinski definition) is 6. The van der Waals surface area contributed by atoms with E-state index in [0.717, 1.165) is 0 Å². The first kappa shape index (κ1) is 27.9. The van der Waals surface area contributed by atoms with Crippen LogP contribution in [0.3, 0.4) is 0 Å². The number of ether oxygens (including phenoxy) is 1. The number of piperidine rings is 1. The Hall–Kier alpha value is -2.14. The number of likely N-dealkylation sites (tertiary alicyclic amines) is 1. The number of methoxy groups -OCH3 is 1. The third kappa shape index (κ3) is 7.94. The largest absolute Gasteiger partial charge is 0.523 e. The number of alkyl halides is 3. The quantitative estimate of drug-likeness (QED) is 0.378. The number of rotatable bonds is 5. The summed E-state index contributed by atoms with van der Waals surface area (Å²) in [5, 5.41) is 0. The highest BCUT2D eigenvalue weighted by Gasteiger charge is 2.50. The van der Waals surface area contributed by atoms with E-state index in [0.29, 0.717) is 16.2 Å². The number of amides is 2. The zero-order chi connectivity index (χ0) is 23.5. The molecule has 0 radical (unpaired) electrons. The second kappa shape index (κ2) is 12.5. The number of hydrogen-bond donors (Lipinski definition) is 0. The van der Waals surface area contributed by atoms with E-state index in [4.69, 9.17) is 4.74 Å². The zero-order valence-electron chi connectivity index (χ0n) is 17.7. The Morgan fingerprint density at radius 3 is 2.03 bits per heavy atom. The van der Waals surface area contributed by atoms with Crippen LogP contribution in [0, 0.1) is 0 Å². The van der Waals surface area contributed by atoms with Crippen LogP contribution in [0.2, 0.25) is 0 Å². The van der Waals surface area contributed by atoms with Crippen LogP contribution in [-0.4, -0.2) is 43.9 Å². The lowest BCUT2D eigenvalue weighted by Gasteiger charge is -2.30. The van der Waals surface area contributed by atoms with Crippen molar-refractivity contribution in [1.82, 2.24) is 4.90 Å². The highest BCUT2D eigenvalue weighted by molar-refractivity contribution is 7.87. The van der Waals surface area contributed by atoms with Crippen molar-refractivity contribution in [3.63, 3.8) is 0 Å². The van der Waals surface area contributed by atoms with Crippen molar-refractivity contribution < 1.29 is 40.1 Å². The van der Waals surface area contributed by atoms with Crippen molar-refractivity contribution >= 4 is 21.9 Å². The third-order valence-corrected chi connectivity index (χ3v) is 4.54. The minimum Gasteiger partial charge on any atom is -0.497 e. The van der Waals surface area contributed by atoms with Gasteiger partial charge in [-0.25, -0.2) is 4.18 Å². The number of halogens is 3. The molecular formula is C19H28F3NO6S. The Bertz CT molecular complexity index is 778. The molecule has 2 rings (SSSR count). The highest BCUT2D eigenvalue weighted by atomic mass is 32.2. The molecule has 0 saturated carbocycles. The van der Waals surface area contributed by atoms with E-state index in [-0.39, 0.29) is 13.0 Å². The summed E-state index contributed by atoms with van der Waals surface area (Å²) >= 11 is 0. The predicted molar refractivity (Wildman–Crippen MR) is 105 cm³/mol. The molecule has 0 bridgehead atoms. The maximum absolute atomic E-state index is 12.4. The Kier molecular flexibility index (Phi) is 11.6. The highest BCUT2D eigenvalue weighted by Crippen LogP contribution is 2.29.